The number of carbonyl (C=O) groups excluding carboxylic acids is 2. The lowest BCUT2D eigenvalue weighted by molar-refractivity contribution is -0.121. The number of rotatable bonds is 12. The van der Waals surface area contributed by atoms with Gasteiger partial charge in [-0.2, -0.15) is 11.3 Å². The highest BCUT2D eigenvalue weighted by Crippen LogP contribution is 2.07. The normalized spacial score (nSPS) is 10.6. The van der Waals surface area contributed by atoms with Crippen molar-refractivity contribution in [3.8, 4) is 0 Å². The van der Waals surface area contributed by atoms with Crippen LogP contribution in [0.25, 0.3) is 0 Å². The summed E-state index contributed by atoms with van der Waals surface area (Å²) in [5.74, 6) is -0.250. The van der Waals surface area contributed by atoms with Crippen molar-refractivity contribution in [1.29, 1.82) is 0 Å². The van der Waals surface area contributed by atoms with Gasteiger partial charge in [-0.3, -0.25) is 9.59 Å². The molecule has 2 aromatic rings. The summed E-state index contributed by atoms with van der Waals surface area (Å²) in [5.41, 5.74) is 2.69. The molecule has 2 rings (SSSR count). The van der Waals surface area contributed by atoms with Gasteiger partial charge in [-0.15, -0.1) is 0 Å². The first-order valence-electron chi connectivity index (χ1n) is 8.99. The number of ether oxygens (including phenoxy) is 2. The summed E-state index contributed by atoms with van der Waals surface area (Å²) in [4.78, 5) is 23.7. The van der Waals surface area contributed by atoms with E-state index in [1.807, 2.05) is 36.6 Å². The van der Waals surface area contributed by atoms with Crippen molar-refractivity contribution in [3.05, 3.63) is 57.8 Å². The number of benzene rings is 1. The molecule has 0 radical (unpaired) electrons. The third kappa shape index (κ3) is 8.34. The van der Waals surface area contributed by atoms with E-state index in [4.69, 9.17) is 9.47 Å². The molecule has 0 spiro atoms. The summed E-state index contributed by atoms with van der Waals surface area (Å²) in [6.07, 6.45) is 0.246. The van der Waals surface area contributed by atoms with Crippen LogP contribution in [0.3, 0.4) is 0 Å². The van der Waals surface area contributed by atoms with Crippen molar-refractivity contribution in [2.24, 2.45) is 0 Å². The van der Waals surface area contributed by atoms with E-state index in [0.717, 1.165) is 11.1 Å². The fraction of sp³-hybridized carbons (Fsp3) is 0.400. The summed E-state index contributed by atoms with van der Waals surface area (Å²) in [5, 5.41) is 9.24. The standard InChI is InChI=1S/C20H26N2O4S/c1-2-25-9-10-26-14-17-5-3-4-16(12-17)13-22-19(23)6-8-21-20(24)18-7-11-27-15-18/h3-5,7,11-12,15H,2,6,8-10,13-14H2,1H3,(H,21,24)(H,22,23). The predicted molar refractivity (Wildman–Crippen MR) is 106 cm³/mol. The Kier molecular flexibility index (Phi) is 9.54. The van der Waals surface area contributed by atoms with Gasteiger partial charge in [0, 0.05) is 37.1 Å². The third-order valence-corrected chi connectivity index (χ3v) is 4.43. The molecule has 1 aromatic heterocycles. The Labute approximate surface area is 163 Å². The molecule has 0 saturated carbocycles. The first-order valence-corrected chi connectivity index (χ1v) is 9.93. The van der Waals surface area contributed by atoms with Crippen molar-refractivity contribution in [2.75, 3.05) is 26.4 Å². The molecular weight excluding hydrogens is 364 g/mol. The van der Waals surface area contributed by atoms with Crippen LogP contribution in [0.1, 0.15) is 34.8 Å². The molecule has 0 aliphatic carbocycles. The van der Waals surface area contributed by atoms with E-state index in [0.29, 0.717) is 45.1 Å². The van der Waals surface area contributed by atoms with Crippen molar-refractivity contribution in [2.45, 2.75) is 26.5 Å². The van der Waals surface area contributed by atoms with Gasteiger partial charge in [0.15, 0.2) is 0 Å². The average molecular weight is 391 g/mol. The Bertz CT molecular complexity index is 704. The molecule has 2 N–H and O–H groups in total. The quantitative estimate of drug-likeness (QED) is 0.547. The molecule has 7 heteroatoms. The molecule has 0 aliphatic rings. The summed E-state index contributed by atoms with van der Waals surface area (Å²) in [6, 6.07) is 9.67. The Morgan fingerprint density at radius 1 is 1.07 bits per heavy atom. The number of thiophene rings is 1. The maximum Gasteiger partial charge on any atom is 0.252 e. The minimum atomic E-state index is -0.152. The highest BCUT2D eigenvalue weighted by molar-refractivity contribution is 7.08. The second kappa shape index (κ2) is 12.2. The Hall–Kier alpha value is -2.22. The lowest BCUT2D eigenvalue weighted by Crippen LogP contribution is -2.30. The maximum atomic E-state index is 11.9. The topological polar surface area (TPSA) is 76.7 Å². The summed E-state index contributed by atoms with van der Waals surface area (Å²) >= 11 is 1.47. The number of nitrogens with one attached hydrogen (secondary N) is 2. The van der Waals surface area contributed by atoms with E-state index in [1.165, 1.54) is 11.3 Å². The third-order valence-electron chi connectivity index (χ3n) is 3.75. The second-order valence-electron chi connectivity index (χ2n) is 5.86. The van der Waals surface area contributed by atoms with Crippen LogP contribution in [0.4, 0.5) is 0 Å². The van der Waals surface area contributed by atoms with Crippen molar-refractivity contribution >= 4 is 23.2 Å². The van der Waals surface area contributed by atoms with Crippen molar-refractivity contribution in [1.82, 2.24) is 10.6 Å². The molecule has 27 heavy (non-hydrogen) atoms. The fourth-order valence-electron chi connectivity index (χ4n) is 2.36. The van der Waals surface area contributed by atoms with Crippen LogP contribution < -0.4 is 10.6 Å². The number of amides is 2. The average Bonchev–Trinajstić information content (AvgIpc) is 3.21. The van der Waals surface area contributed by atoms with Crippen molar-refractivity contribution < 1.29 is 19.1 Å². The second-order valence-corrected chi connectivity index (χ2v) is 6.64. The molecule has 0 fully saturated rings. The van der Waals surface area contributed by atoms with Gasteiger partial charge in [0.2, 0.25) is 5.91 Å². The van der Waals surface area contributed by atoms with Crippen LogP contribution in [0.2, 0.25) is 0 Å². The number of hydrogen-bond donors (Lipinski definition) is 2. The molecule has 2 amide bonds. The van der Waals surface area contributed by atoms with Crippen molar-refractivity contribution in [3.63, 3.8) is 0 Å². The summed E-state index contributed by atoms with van der Waals surface area (Å²) in [6.45, 7) is 5.08. The number of carbonyl (C=O) groups is 2. The van der Waals surface area contributed by atoms with Crippen LogP contribution in [-0.2, 0) is 27.4 Å². The van der Waals surface area contributed by atoms with E-state index in [2.05, 4.69) is 10.6 Å². The lowest BCUT2D eigenvalue weighted by atomic mass is 10.1. The molecule has 0 unspecified atom stereocenters. The van der Waals surface area contributed by atoms with Crippen LogP contribution >= 0.6 is 11.3 Å². The van der Waals surface area contributed by atoms with E-state index < -0.39 is 0 Å². The van der Waals surface area contributed by atoms with Gasteiger partial charge in [0.25, 0.3) is 5.91 Å². The van der Waals surface area contributed by atoms with Crippen LogP contribution in [0.5, 0.6) is 0 Å². The van der Waals surface area contributed by atoms with E-state index in [1.54, 1.807) is 11.4 Å². The number of hydrogen-bond acceptors (Lipinski definition) is 5. The minimum absolute atomic E-state index is 0.0982. The SMILES string of the molecule is CCOCCOCc1cccc(CNC(=O)CCNC(=O)c2ccsc2)c1. The van der Waals surface area contributed by atoms with Crippen LogP contribution in [-0.4, -0.2) is 38.2 Å². The Morgan fingerprint density at radius 2 is 1.89 bits per heavy atom. The zero-order valence-corrected chi connectivity index (χ0v) is 16.3. The fourth-order valence-corrected chi connectivity index (χ4v) is 2.99. The van der Waals surface area contributed by atoms with Gasteiger partial charge in [-0.05, 0) is 29.5 Å². The van der Waals surface area contributed by atoms with E-state index in [-0.39, 0.29) is 18.2 Å². The molecule has 0 bridgehead atoms. The zero-order valence-electron chi connectivity index (χ0n) is 15.5. The highest BCUT2D eigenvalue weighted by atomic mass is 32.1. The maximum absolute atomic E-state index is 11.9. The summed E-state index contributed by atoms with van der Waals surface area (Å²) < 4.78 is 10.8. The Balaban J connectivity index is 1.64. The van der Waals surface area contributed by atoms with E-state index >= 15 is 0 Å². The predicted octanol–water partition coefficient (Wildman–Crippen LogP) is 2.74. The van der Waals surface area contributed by atoms with Crippen LogP contribution in [0, 0.1) is 0 Å². The highest BCUT2D eigenvalue weighted by Gasteiger charge is 2.07. The van der Waals surface area contributed by atoms with Gasteiger partial charge in [-0.25, -0.2) is 0 Å². The Morgan fingerprint density at radius 3 is 2.67 bits per heavy atom. The monoisotopic (exact) mass is 390 g/mol. The largest absolute Gasteiger partial charge is 0.379 e. The van der Waals surface area contributed by atoms with Gasteiger partial charge >= 0.3 is 0 Å². The molecule has 146 valence electrons. The molecule has 1 aromatic carbocycles. The molecule has 0 saturated heterocycles. The summed E-state index contributed by atoms with van der Waals surface area (Å²) in [7, 11) is 0. The minimum Gasteiger partial charge on any atom is -0.379 e. The van der Waals surface area contributed by atoms with E-state index in [9.17, 15) is 9.59 Å². The first kappa shape index (κ1) is 21.1. The smallest absolute Gasteiger partial charge is 0.252 e. The van der Waals surface area contributed by atoms with Gasteiger partial charge in [0.1, 0.15) is 0 Å². The van der Waals surface area contributed by atoms with Crippen LogP contribution in [0.15, 0.2) is 41.1 Å². The molecule has 0 atom stereocenters. The van der Waals surface area contributed by atoms with Gasteiger partial charge in [-0.1, -0.05) is 24.3 Å². The molecule has 0 aliphatic heterocycles. The van der Waals surface area contributed by atoms with Gasteiger partial charge in [0.05, 0.1) is 19.8 Å². The molecular formula is C20H26N2O4S. The molecule has 1 heterocycles. The zero-order chi connectivity index (χ0) is 19.3. The lowest BCUT2D eigenvalue weighted by Gasteiger charge is -2.09. The molecule has 6 nitrogen and oxygen atoms in total. The van der Waals surface area contributed by atoms with Gasteiger partial charge < -0.3 is 20.1 Å². The first-order chi connectivity index (χ1) is 13.2.